The van der Waals surface area contributed by atoms with Crippen LogP contribution in [0.5, 0.6) is 11.5 Å². The molecule has 6 rings (SSSR count). The lowest BCUT2D eigenvalue weighted by molar-refractivity contribution is 0.279. The fourth-order valence-corrected chi connectivity index (χ4v) is 6.20. The van der Waals surface area contributed by atoms with E-state index in [9.17, 15) is 0 Å². The molecule has 2 aliphatic rings. The van der Waals surface area contributed by atoms with Crippen LogP contribution in [0.4, 0.5) is 17.2 Å². The standard InChI is InChI=1S/C39H45N3O2/c1-24(2)26-18-27(36-41-38(7,8)23-43-36)20-31(19-26)44-30-17-25(3)16-29(22-30)42-34-14-13-28(37(4,5)6)21-33(34)39(9,10)32-12-11-15-40-35(32)42/h11-22,24H,23H2,1-10H3. The smallest absolute Gasteiger partial charge is 0.216 e. The maximum atomic E-state index is 6.66. The van der Waals surface area contributed by atoms with Gasteiger partial charge < -0.3 is 9.47 Å². The van der Waals surface area contributed by atoms with E-state index in [1.807, 2.05) is 18.3 Å². The van der Waals surface area contributed by atoms with Crippen LogP contribution in [0, 0.1) is 6.92 Å². The van der Waals surface area contributed by atoms with Crippen molar-refractivity contribution in [1.29, 1.82) is 0 Å². The molecule has 0 saturated heterocycles. The SMILES string of the molecule is Cc1cc(Oc2cc(C3=NC(C)(C)CO3)cc(C(C)C)c2)cc(N2c3ccc(C(C)(C)C)cc3C(C)(C)c3cccnc32)c1. The van der Waals surface area contributed by atoms with Crippen molar-refractivity contribution in [3.8, 4) is 11.5 Å². The summed E-state index contributed by atoms with van der Waals surface area (Å²) in [5.41, 5.74) is 8.85. The Labute approximate surface area is 263 Å². The average molecular weight is 588 g/mol. The summed E-state index contributed by atoms with van der Waals surface area (Å²) >= 11 is 0. The number of hydrogen-bond acceptors (Lipinski definition) is 5. The zero-order chi connectivity index (χ0) is 31.6. The van der Waals surface area contributed by atoms with E-state index in [1.54, 1.807) is 0 Å². The van der Waals surface area contributed by atoms with E-state index >= 15 is 0 Å². The fourth-order valence-electron chi connectivity index (χ4n) is 6.20. The van der Waals surface area contributed by atoms with Gasteiger partial charge in [-0.15, -0.1) is 0 Å². The second kappa shape index (κ2) is 10.5. The molecule has 1 aromatic heterocycles. The molecule has 0 bridgehead atoms. The monoisotopic (exact) mass is 587 g/mol. The Morgan fingerprint density at radius 1 is 0.886 bits per heavy atom. The van der Waals surface area contributed by atoms with Gasteiger partial charge in [0.15, 0.2) is 0 Å². The lowest BCUT2D eigenvalue weighted by Gasteiger charge is -2.41. The molecule has 0 fully saturated rings. The topological polar surface area (TPSA) is 47.0 Å². The molecule has 0 N–H and O–H groups in total. The van der Waals surface area contributed by atoms with Gasteiger partial charge in [-0.3, -0.25) is 4.90 Å². The molecule has 0 spiro atoms. The normalized spacial score (nSPS) is 16.7. The molecular weight excluding hydrogens is 542 g/mol. The Morgan fingerprint density at radius 3 is 2.32 bits per heavy atom. The van der Waals surface area contributed by atoms with Crippen molar-refractivity contribution in [3.05, 3.63) is 106 Å². The third kappa shape index (κ3) is 5.49. The van der Waals surface area contributed by atoms with Crippen LogP contribution >= 0.6 is 0 Å². The molecule has 2 aliphatic heterocycles. The quantitative estimate of drug-likeness (QED) is 0.233. The van der Waals surface area contributed by atoms with Crippen LogP contribution < -0.4 is 9.64 Å². The van der Waals surface area contributed by atoms with Crippen molar-refractivity contribution in [3.63, 3.8) is 0 Å². The van der Waals surface area contributed by atoms with E-state index in [1.165, 1.54) is 22.3 Å². The first-order valence-corrected chi connectivity index (χ1v) is 15.7. The van der Waals surface area contributed by atoms with Gasteiger partial charge in [0.25, 0.3) is 0 Å². The number of rotatable bonds is 5. The number of hydrogen-bond donors (Lipinski definition) is 0. The van der Waals surface area contributed by atoms with Gasteiger partial charge in [-0.05, 0) is 96.8 Å². The van der Waals surface area contributed by atoms with Crippen molar-refractivity contribution in [2.75, 3.05) is 11.5 Å². The summed E-state index contributed by atoms with van der Waals surface area (Å²) in [6.07, 6.45) is 1.89. The van der Waals surface area contributed by atoms with Crippen LogP contribution in [0.15, 0.2) is 77.9 Å². The van der Waals surface area contributed by atoms with Gasteiger partial charge in [0.2, 0.25) is 5.90 Å². The number of anilines is 3. The summed E-state index contributed by atoms with van der Waals surface area (Å²) in [6.45, 7) is 22.7. The molecule has 0 saturated carbocycles. The van der Waals surface area contributed by atoms with E-state index in [-0.39, 0.29) is 16.4 Å². The molecular formula is C39H45N3O2. The van der Waals surface area contributed by atoms with Crippen molar-refractivity contribution in [1.82, 2.24) is 4.98 Å². The van der Waals surface area contributed by atoms with Crippen molar-refractivity contribution in [2.45, 2.75) is 91.5 Å². The molecule has 0 unspecified atom stereocenters. The number of benzene rings is 3. The van der Waals surface area contributed by atoms with Gasteiger partial charge in [-0.1, -0.05) is 66.7 Å². The Bertz CT molecular complexity index is 1770. The van der Waals surface area contributed by atoms with Crippen LogP contribution in [0.2, 0.25) is 0 Å². The van der Waals surface area contributed by atoms with Gasteiger partial charge in [-0.25, -0.2) is 9.98 Å². The first-order valence-electron chi connectivity index (χ1n) is 15.7. The number of fused-ring (bicyclic) bond motifs is 2. The first-order chi connectivity index (χ1) is 20.6. The minimum atomic E-state index is -0.229. The zero-order valence-electron chi connectivity index (χ0n) is 27.9. The number of aromatic nitrogens is 1. The van der Waals surface area contributed by atoms with Crippen molar-refractivity contribution < 1.29 is 9.47 Å². The second-order valence-corrected chi connectivity index (χ2v) is 14.9. The molecule has 5 nitrogen and oxygen atoms in total. The average Bonchev–Trinajstić information content (AvgIpc) is 3.31. The predicted octanol–water partition coefficient (Wildman–Crippen LogP) is 10.3. The molecule has 5 heteroatoms. The molecule has 44 heavy (non-hydrogen) atoms. The molecule has 0 atom stereocenters. The number of ether oxygens (including phenoxy) is 2. The fraction of sp³-hybridized carbons (Fsp3) is 0.385. The minimum absolute atomic E-state index is 0.0454. The maximum Gasteiger partial charge on any atom is 0.216 e. The summed E-state index contributed by atoms with van der Waals surface area (Å²) in [7, 11) is 0. The lowest BCUT2D eigenvalue weighted by atomic mass is 9.72. The van der Waals surface area contributed by atoms with Gasteiger partial charge in [0, 0.05) is 28.8 Å². The molecule has 3 heterocycles. The van der Waals surface area contributed by atoms with Crippen LogP contribution in [0.3, 0.4) is 0 Å². The summed E-state index contributed by atoms with van der Waals surface area (Å²) in [5, 5.41) is 0. The maximum absolute atomic E-state index is 6.66. The van der Waals surface area contributed by atoms with Crippen molar-refractivity contribution in [2.24, 2.45) is 4.99 Å². The summed E-state index contributed by atoms with van der Waals surface area (Å²) in [5.74, 6) is 3.50. The van der Waals surface area contributed by atoms with Gasteiger partial charge >= 0.3 is 0 Å². The number of aliphatic imine (C=N–C) groups is 1. The van der Waals surface area contributed by atoms with E-state index < -0.39 is 0 Å². The largest absolute Gasteiger partial charge is 0.475 e. The van der Waals surface area contributed by atoms with Gasteiger partial charge in [-0.2, -0.15) is 0 Å². The van der Waals surface area contributed by atoms with Gasteiger partial charge in [0.05, 0.1) is 16.9 Å². The first kappa shape index (κ1) is 29.9. The highest BCUT2D eigenvalue weighted by Crippen LogP contribution is 2.52. The second-order valence-electron chi connectivity index (χ2n) is 14.9. The highest BCUT2D eigenvalue weighted by atomic mass is 16.5. The minimum Gasteiger partial charge on any atom is -0.475 e. The van der Waals surface area contributed by atoms with Crippen molar-refractivity contribution >= 4 is 23.1 Å². The summed E-state index contributed by atoms with van der Waals surface area (Å²) < 4.78 is 12.7. The molecule has 4 aromatic rings. The third-order valence-corrected chi connectivity index (χ3v) is 8.79. The van der Waals surface area contributed by atoms with E-state index in [2.05, 4.69) is 129 Å². The third-order valence-electron chi connectivity index (χ3n) is 8.79. The summed E-state index contributed by atoms with van der Waals surface area (Å²) in [6, 6.07) is 23.9. The molecule has 0 amide bonds. The van der Waals surface area contributed by atoms with E-state index in [0.717, 1.165) is 39.8 Å². The zero-order valence-corrected chi connectivity index (χ0v) is 27.9. The van der Waals surface area contributed by atoms with E-state index in [4.69, 9.17) is 19.5 Å². The Morgan fingerprint density at radius 2 is 1.64 bits per heavy atom. The highest BCUT2D eigenvalue weighted by molar-refractivity contribution is 5.96. The van der Waals surface area contributed by atoms with Gasteiger partial charge in [0.1, 0.15) is 23.9 Å². The molecule has 3 aromatic carbocycles. The van der Waals surface area contributed by atoms with Crippen LogP contribution in [-0.4, -0.2) is 23.0 Å². The highest BCUT2D eigenvalue weighted by Gasteiger charge is 2.38. The Kier molecular flexibility index (Phi) is 7.14. The number of nitrogens with zero attached hydrogens (tertiary/aromatic N) is 3. The van der Waals surface area contributed by atoms with Crippen LogP contribution in [0.1, 0.15) is 102 Å². The molecule has 0 aliphatic carbocycles. The molecule has 0 radical (unpaired) electrons. The van der Waals surface area contributed by atoms with Crippen LogP contribution in [-0.2, 0) is 15.6 Å². The lowest BCUT2D eigenvalue weighted by Crippen LogP contribution is -2.32. The number of pyridine rings is 1. The predicted molar refractivity (Wildman–Crippen MR) is 182 cm³/mol. The summed E-state index contributed by atoms with van der Waals surface area (Å²) in [4.78, 5) is 12.1. The van der Waals surface area contributed by atoms with E-state index in [0.29, 0.717) is 18.4 Å². The number of aryl methyl sites for hydroxylation is 1. The molecule has 228 valence electrons. The Hall–Kier alpha value is -4.12. The van der Waals surface area contributed by atoms with Crippen LogP contribution in [0.25, 0.3) is 0 Å². The Balaban J connectivity index is 1.45.